The summed E-state index contributed by atoms with van der Waals surface area (Å²) in [7, 11) is 0. The van der Waals surface area contributed by atoms with Gasteiger partial charge in [0, 0.05) is 5.56 Å². The van der Waals surface area contributed by atoms with Crippen LogP contribution in [-0.2, 0) is 0 Å². The van der Waals surface area contributed by atoms with Crippen molar-refractivity contribution in [3.63, 3.8) is 0 Å². The molecule has 0 spiro atoms. The molecule has 0 saturated heterocycles. The Hall–Kier alpha value is -1.19. The van der Waals surface area contributed by atoms with Crippen LogP contribution in [0.5, 0.6) is 0 Å². The summed E-state index contributed by atoms with van der Waals surface area (Å²) in [6.45, 7) is 3.69. The van der Waals surface area contributed by atoms with Gasteiger partial charge in [-0.05, 0) is 12.1 Å². The van der Waals surface area contributed by atoms with Crippen molar-refractivity contribution in [3.8, 4) is 0 Å². The van der Waals surface area contributed by atoms with Crippen LogP contribution in [0, 0.1) is 0 Å². The average Bonchev–Trinajstić information content (AvgIpc) is 2.49. The molecular weight excluding hydrogens is 223 g/mol. The third-order valence-electron chi connectivity index (χ3n) is 2.01. The van der Waals surface area contributed by atoms with Crippen LogP contribution < -0.4 is 5.32 Å². The monoisotopic (exact) mass is 228 g/mol. The molecular formula is C9H6Cl2N2O. The second-order valence-corrected chi connectivity index (χ2v) is 3.62. The van der Waals surface area contributed by atoms with E-state index in [-0.39, 0.29) is 0 Å². The van der Waals surface area contributed by atoms with E-state index in [1.807, 2.05) is 0 Å². The lowest BCUT2D eigenvalue weighted by Crippen LogP contribution is -1.99. The van der Waals surface area contributed by atoms with Crippen LogP contribution in [0.1, 0.15) is 5.56 Å². The topological polar surface area (TPSA) is 44.6 Å². The molecule has 1 aromatic rings. The lowest BCUT2D eigenvalue weighted by Gasteiger charge is -2.02. The first-order chi connectivity index (χ1) is 6.65. The van der Waals surface area contributed by atoms with Crippen LogP contribution in [0.2, 0.25) is 10.0 Å². The van der Waals surface area contributed by atoms with Crippen molar-refractivity contribution in [1.82, 2.24) is 0 Å². The van der Waals surface area contributed by atoms with Crippen molar-refractivity contribution in [2.45, 2.75) is 0 Å². The highest BCUT2D eigenvalue weighted by Gasteiger charge is 2.24. The van der Waals surface area contributed by atoms with Crippen LogP contribution in [0.15, 0.2) is 29.6 Å². The number of halogens is 2. The second-order valence-electron chi connectivity index (χ2n) is 2.84. The second kappa shape index (κ2) is 3.19. The summed E-state index contributed by atoms with van der Waals surface area (Å²) >= 11 is 11.8. The highest BCUT2D eigenvalue weighted by atomic mass is 35.5. The molecule has 3 nitrogen and oxygen atoms in total. The van der Waals surface area contributed by atoms with Crippen molar-refractivity contribution in [1.29, 1.82) is 0 Å². The van der Waals surface area contributed by atoms with Gasteiger partial charge in [0.2, 0.25) is 0 Å². The van der Waals surface area contributed by atoms with Crippen molar-refractivity contribution >= 4 is 34.6 Å². The van der Waals surface area contributed by atoms with E-state index in [9.17, 15) is 0 Å². The molecule has 2 rings (SSSR count). The maximum absolute atomic E-state index is 8.75. The van der Waals surface area contributed by atoms with Gasteiger partial charge in [0.15, 0.2) is 0 Å². The van der Waals surface area contributed by atoms with Gasteiger partial charge in [-0.1, -0.05) is 34.9 Å². The summed E-state index contributed by atoms with van der Waals surface area (Å²) in [6.07, 6.45) is 0. The molecule has 72 valence electrons. The number of benzene rings is 1. The van der Waals surface area contributed by atoms with Gasteiger partial charge in [-0.15, -0.1) is 0 Å². The number of nitrogens with zero attached hydrogens (tertiary/aromatic N) is 1. The first-order valence-electron chi connectivity index (χ1n) is 3.82. The predicted octanol–water partition coefficient (Wildman–Crippen LogP) is 3.11. The standard InChI is InChI=1S/C9H6Cl2N2O/c1-4-8(13-14)5-2-3-6(10)7(11)9(5)12-4/h2-3,12,14H,1H2/b13-8-. The molecule has 1 aliphatic heterocycles. The zero-order chi connectivity index (χ0) is 10.3. The third-order valence-corrected chi connectivity index (χ3v) is 2.82. The molecule has 0 aliphatic carbocycles. The van der Waals surface area contributed by atoms with E-state index in [2.05, 4.69) is 17.1 Å². The molecule has 0 aromatic heterocycles. The molecule has 0 unspecified atom stereocenters. The Morgan fingerprint density at radius 2 is 2.07 bits per heavy atom. The van der Waals surface area contributed by atoms with Gasteiger partial charge >= 0.3 is 0 Å². The fourth-order valence-corrected chi connectivity index (χ4v) is 1.73. The first-order valence-corrected chi connectivity index (χ1v) is 4.57. The summed E-state index contributed by atoms with van der Waals surface area (Å²) < 4.78 is 0. The summed E-state index contributed by atoms with van der Waals surface area (Å²) in [5.74, 6) is 0. The van der Waals surface area contributed by atoms with Crippen molar-refractivity contribution in [2.24, 2.45) is 5.16 Å². The SMILES string of the molecule is C=C1Nc2c(ccc(Cl)c2Cl)/C1=N\O. The fourth-order valence-electron chi connectivity index (χ4n) is 1.36. The van der Waals surface area contributed by atoms with Crippen LogP contribution in [0.3, 0.4) is 0 Å². The van der Waals surface area contributed by atoms with E-state index >= 15 is 0 Å². The summed E-state index contributed by atoms with van der Waals surface area (Å²) in [5.41, 5.74) is 2.23. The molecule has 0 saturated carbocycles. The van der Waals surface area contributed by atoms with Crippen molar-refractivity contribution in [3.05, 3.63) is 40.0 Å². The zero-order valence-corrected chi connectivity index (χ0v) is 8.52. The number of anilines is 1. The van der Waals surface area contributed by atoms with Gasteiger partial charge in [-0.2, -0.15) is 0 Å². The Morgan fingerprint density at radius 3 is 2.71 bits per heavy atom. The van der Waals surface area contributed by atoms with Crippen molar-refractivity contribution < 1.29 is 5.21 Å². The molecule has 0 bridgehead atoms. The average molecular weight is 229 g/mol. The van der Waals surface area contributed by atoms with E-state index in [0.717, 1.165) is 0 Å². The van der Waals surface area contributed by atoms with Crippen LogP contribution in [0.4, 0.5) is 5.69 Å². The summed E-state index contributed by atoms with van der Waals surface area (Å²) in [5, 5.41) is 15.6. The molecule has 0 radical (unpaired) electrons. The Balaban J connectivity index is 2.70. The van der Waals surface area contributed by atoms with Gasteiger partial charge in [-0.3, -0.25) is 0 Å². The van der Waals surface area contributed by atoms with E-state index in [0.29, 0.717) is 32.7 Å². The van der Waals surface area contributed by atoms with Gasteiger partial charge < -0.3 is 10.5 Å². The maximum Gasteiger partial charge on any atom is 0.134 e. The number of rotatable bonds is 0. The molecule has 0 amide bonds. The smallest absolute Gasteiger partial charge is 0.134 e. The Bertz CT molecular complexity index is 454. The number of hydrogen-bond donors (Lipinski definition) is 2. The number of allylic oxidation sites excluding steroid dienone is 1. The third kappa shape index (κ3) is 1.17. The fraction of sp³-hybridized carbons (Fsp3) is 0. The van der Waals surface area contributed by atoms with Gasteiger partial charge in [-0.25, -0.2) is 0 Å². The lowest BCUT2D eigenvalue weighted by molar-refractivity contribution is 0.320. The van der Waals surface area contributed by atoms with Crippen LogP contribution in [-0.4, -0.2) is 10.9 Å². The van der Waals surface area contributed by atoms with E-state index in [1.54, 1.807) is 12.1 Å². The molecule has 1 aromatic carbocycles. The maximum atomic E-state index is 8.75. The Morgan fingerprint density at radius 1 is 1.36 bits per heavy atom. The van der Waals surface area contributed by atoms with Crippen LogP contribution >= 0.6 is 23.2 Å². The van der Waals surface area contributed by atoms with Gasteiger partial charge in [0.25, 0.3) is 0 Å². The lowest BCUT2D eigenvalue weighted by atomic mass is 10.1. The van der Waals surface area contributed by atoms with Crippen molar-refractivity contribution in [2.75, 3.05) is 5.32 Å². The predicted molar refractivity (Wildman–Crippen MR) is 57.5 cm³/mol. The molecule has 5 heteroatoms. The summed E-state index contributed by atoms with van der Waals surface area (Å²) in [6, 6.07) is 3.37. The van der Waals surface area contributed by atoms with E-state index in [1.165, 1.54) is 0 Å². The van der Waals surface area contributed by atoms with Gasteiger partial charge in [0.05, 0.1) is 21.4 Å². The first kappa shape index (κ1) is 9.37. The molecule has 1 heterocycles. The highest BCUT2D eigenvalue weighted by Crippen LogP contribution is 2.38. The van der Waals surface area contributed by atoms with Gasteiger partial charge in [0.1, 0.15) is 5.71 Å². The summed E-state index contributed by atoms with van der Waals surface area (Å²) in [4.78, 5) is 0. The van der Waals surface area contributed by atoms with E-state index < -0.39 is 0 Å². The minimum absolute atomic E-state index is 0.388. The molecule has 2 N–H and O–H groups in total. The van der Waals surface area contributed by atoms with Crippen LogP contribution in [0.25, 0.3) is 0 Å². The Kier molecular flexibility index (Phi) is 2.13. The number of fused-ring (bicyclic) bond motifs is 1. The molecule has 1 aliphatic rings. The minimum atomic E-state index is 0.388. The van der Waals surface area contributed by atoms with E-state index in [4.69, 9.17) is 28.4 Å². The largest absolute Gasteiger partial charge is 0.410 e. The molecule has 0 atom stereocenters. The number of oxime groups is 1. The normalized spacial score (nSPS) is 17.0. The number of hydrogen-bond acceptors (Lipinski definition) is 3. The highest BCUT2D eigenvalue weighted by molar-refractivity contribution is 6.45. The zero-order valence-electron chi connectivity index (χ0n) is 7.01. The molecule has 0 fully saturated rings. The molecule has 14 heavy (non-hydrogen) atoms. The number of nitrogens with one attached hydrogen (secondary N) is 1. The Labute approximate surface area is 90.6 Å². The minimum Gasteiger partial charge on any atom is -0.410 e. The quantitative estimate of drug-likeness (QED) is 0.530.